The standard InChI is InChI=1S/C15H25N3/c1-15(2,3)12-6-8-18(10-12)11-14-9-13(16-4)5-7-17-14/h5,7,9,12H,6,8,10-11H2,1-4H3,(H,16,17). The summed E-state index contributed by atoms with van der Waals surface area (Å²) in [6.07, 6.45) is 3.20. The highest BCUT2D eigenvalue weighted by Gasteiger charge is 2.31. The molecule has 0 bridgehead atoms. The molecule has 0 spiro atoms. The lowest BCUT2D eigenvalue weighted by atomic mass is 9.80. The van der Waals surface area contributed by atoms with Gasteiger partial charge in [0, 0.05) is 32.0 Å². The van der Waals surface area contributed by atoms with Crippen molar-refractivity contribution in [1.29, 1.82) is 0 Å². The van der Waals surface area contributed by atoms with Gasteiger partial charge in [0.25, 0.3) is 0 Å². The van der Waals surface area contributed by atoms with Gasteiger partial charge in [0.05, 0.1) is 5.69 Å². The van der Waals surface area contributed by atoms with E-state index in [1.165, 1.54) is 19.5 Å². The Morgan fingerprint density at radius 1 is 1.44 bits per heavy atom. The fourth-order valence-corrected chi connectivity index (χ4v) is 2.63. The summed E-state index contributed by atoms with van der Waals surface area (Å²) in [6.45, 7) is 10.4. The van der Waals surface area contributed by atoms with Gasteiger partial charge >= 0.3 is 0 Å². The lowest BCUT2D eigenvalue weighted by Crippen LogP contribution is -2.26. The molecule has 0 aromatic carbocycles. The Hall–Kier alpha value is -1.09. The van der Waals surface area contributed by atoms with Crippen molar-refractivity contribution < 1.29 is 0 Å². The molecule has 0 amide bonds. The van der Waals surface area contributed by atoms with Crippen LogP contribution in [0.5, 0.6) is 0 Å². The van der Waals surface area contributed by atoms with Crippen molar-refractivity contribution in [3.8, 4) is 0 Å². The highest BCUT2D eigenvalue weighted by atomic mass is 15.2. The molecule has 1 N–H and O–H groups in total. The van der Waals surface area contributed by atoms with Crippen LogP contribution in [0, 0.1) is 11.3 Å². The molecule has 0 radical (unpaired) electrons. The second-order valence-corrected chi connectivity index (χ2v) is 6.37. The fourth-order valence-electron chi connectivity index (χ4n) is 2.63. The van der Waals surface area contributed by atoms with Gasteiger partial charge in [0.1, 0.15) is 0 Å². The van der Waals surface area contributed by atoms with Gasteiger partial charge in [0.2, 0.25) is 0 Å². The zero-order valence-electron chi connectivity index (χ0n) is 12.0. The van der Waals surface area contributed by atoms with Gasteiger partial charge in [0.15, 0.2) is 0 Å². The van der Waals surface area contributed by atoms with E-state index in [2.05, 4.69) is 42.0 Å². The molecule has 1 aromatic heterocycles. The second kappa shape index (κ2) is 5.27. The number of nitrogens with one attached hydrogen (secondary N) is 1. The topological polar surface area (TPSA) is 28.2 Å². The number of nitrogens with zero attached hydrogens (tertiary/aromatic N) is 2. The summed E-state index contributed by atoms with van der Waals surface area (Å²) in [6, 6.07) is 4.15. The molecule has 1 unspecified atom stereocenters. The van der Waals surface area contributed by atoms with E-state index in [4.69, 9.17) is 0 Å². The Balaban J connectivity index is 1.95. The monoisotopic (exact) mass is 247 g/mol. The van der Waals surface area contributed by atoms with Crippen molar-refractivity contribution in [3.05, 3.63) is 24.0 Å². The van der Waals surface area contributed by atoms with Gasteiger partial charge in [-0.25, -0.2) is 0 Å². The Morgan fingerprint density at radius 2 is 2.22 bits per heavy atom. The first kappa shape index (κ1) is 13.3. The van der Waals surface area contributed by atoms with Crippen molar-refractivity contribution in [2.75, 3.05) is 25.5 Å². The summed E-state index contributed by atoms with van der Waals surface area (Å²) in [7, 11) is 1.95. The molecule has 1 fully saturated rings. The molecule has 3 heteroatoms. The van der Waals surface area contributed by atoms with Crippen LogP contribution in [-0.4, -0.2) is 30.0 Å². The van der Waals surface area contributed by atoms with Crippen molar-refractivity contribution in [2.24, 2.45) is 11.3 Å². The Morgan fingerprint density at radius 3 is 2.83 bits per heavy atom. The number of hydrogen-bond acceptors (Lipinski definition) is 3. The van der Waals surface area contributed by atoms with E-state index in [1.54, 1.807) is 0 Å². The van der Waals surface area contributed by atoms with E-state index in [9.17, 15) is 0 Å². The number of anilines is 1. The van der Waals surface area contributed by atoms with Crippen molar-refractivity contribution in [1.82, 2.24) is 9.88 Å². The predicted molar refractivity (Wildman–Crippen MR) is 76.6 cm³/mol. The maximum Gasteiger partial charge on any atom is 0.0564 e. The van der Waals surface area contributed by atoms with E-state index < -0.39 is 0 Å². The molecule has 1 aliphatic heterocycles. The average molecular weight is 247 g/mol. The third-order valence-corrected chi connectivity index (χ3v) is 3.99. The SMILES string of the molecule is CNc1ccnc(CN2CCC(C(C)(C)C)C2)c1. The molecule has 100 valence electrons. The average Bonchev–Trinajstić information content (AvgIpc) is 2.77. The second-order valence-electron chi connectivity index (χ2n) is 6.37. The Labute approximate surface area is 111 Å². The number of pyridine rings is 1. The highest BCUT2D eigenvalue weighted by Crippen LogP contribution is 2.33. The summed E-state index contributed by atoms with van der Waals surface area (Å²) >= 11 is 0. The quantitative estimate of drug-likeness (QED) is 0.890. The summed E-state index contributed by atoms with van der Waals surface area (Å²) in [5, 5.41) is 3.17. The minimum absolute atomic E-state index is 0.426. The van der Waals surface area contributed by atoms with Crippen LogP contribution in [0.3, 0.4) is 0 Å². The third kappa shape index (κ3) is 3.22. The van der Waals surface area contributed by atoms with Crippen LogP contribution in [-0.2, 0) is 6.54 Å². The first-order valence-corrected chi connectivity index (χ1v) is 6.84. The van der Waals surface area contributed by atoms with Gasteiger partial charge in [-0.05, 0) is 36.4 Å². The maximum atomic E-state index is 4.46. The predicted octanol–water partition coefficient (Wildman–Crippen LogP) is 2.99. The van der Waals surface area contributed by atoms with Crippen LogP contribution in [0.4, 0.5) is 5.69 Å². The number of aromatic nitrogens is 1. The normalized spacial score (nSPS) is 21.2. The van der Waals surface area contributed by atoms with Crippen LogP contribution in [0.25, 0.3) is 0 Å². The zero-order valence-corrected chi connectivity index (χ0v) is 12.0. The lowest BCUT2D eigenvalue weighted by Gasteiger charge is -2.27. The molecule has 0 aliphatic carbocycles. The number of likely N-dealkylation sites (tertiary alicyclic amines) is 1. The van der Waals surface area contributed by atoms with Gasteiger partial charge in [-0.1, -0.05) is 20.8 Å². The molecule has 1 aromatic rings. The smallest absolute Gasteiger partial charge is 0.0564 e. The van der Waals surface area contributed by atoms with E-state index in [0.29, 0.717) is 5.41 Å². The van der Waals surface area contributed by atoms with E-state index in [0.717, 1.165) is 23.8 Å². The van der Waals surface area contributed by atoms with Crippen LogP contribution in [0.1, 0.15) is 32.9 Å². The summed E-state index contributed by atoms with van der Waals surface area (Å²) < 4.78 is 0. The molecular weight excluding hydrogens is 222 g/mol. The summed E-state index contributed by atoms with van der Waals surface area (Å²) in [5.41, 5.74) is 2.73. The summed E-state index contributed by atoms with van der Waals surface area (Å²) in [5.74, 6) is 0.810. The van der Waals surface area contributed by atoms with Gasteiger partial charge in [-0.3, -0.25) is 9.88 Å². The van der Waals surface area contributed by atoms with E-state index >= 15 is 0 Å². The van der Waals surface area contributed by atoms with Crippen molar-refractivity contribution in [2.45, 2.75) is 33.7 Å². The number of hydrogen-bond donors (Lipinski definition) is 1. The molecule has 0 saturated carbocycles. The molecule has 1 atom stereocenters. The Bertz CT molecular complexity index is 395. The van der Waals surface area contributed by atoms with Crippen LogP contribution < -0.4 is 5.32 Å². The largest absolute Gasteiger partial charge is 0.388 e. The molecule has 2 rings (SSSR count). The van der Waals surface area contributed by atoms with Gasteiger partial charge in [-0.2, -0.15) is 0 Å². The van der Waals surface area contributed by atoms with Crippen molar-refractivity contribution in [3.63, 3.8) is 0 Å². The van der Waals surface area contributed by atoms with Crippen LogP contribution >= 0.6 is 0 Å². The maximum absolute atomic E-state index is 4.46. The van der Waals surface area contributed by atoms with E-state index in [1.807, 2.05) is 19.3 Å². The van der Waals surface area contributed by atoms with Gasteiger partial charge in [-0.15, -0.1) is 0 Å². The minimum atomic E-state index is 0.426. The highest BCUT2D eigenvalue weighted by molar-refractivity contribution is 5.42. The Kier molecular flexibility index (Phi) is 3.91. The lowest BCUT2D eigenvalue weighted by molar-refractivity contribution is 0.225. The van der Waals surface area contributed by atoms with Crippen molar-refractivity contribution >= 4 is 5.69 Å². The van der Waals surface area contributed by atoms with E-state index in [-0.39, 0.29) is 0 Å². The molecular formula is C15H25N3. The molecule has 1 saturated heterocycles. The first-order valence-electron chi connectivity index (χ1n) is 6.84. The van der Waals surface area contributed by atoms with Crippen LogP contribution in [0.2, 0.25) is 0 Å². The fraction of sp³-hybridized carbons (Fsp3) is 0.667. The zero-order chi connectivity index (χ0) is 13.2. The molecule has 3 nitrogen and oxygen atoms in total. The molecule has 1 aliphatic rings. The molecule has 2 heterocycles. The molecule has 18 heavy (non-hydrogen) atoms. The third-order valence-electron chi connectivity index (χ3n) is 3.99. The number of rotatable bonds is 3. The van der Waals surface area contributed by atoms with Gasteiger partial charge < -0.3 is 5.32 Å². The van der Waals surface area contributed by atoms with Crippen LogP contribution in [0.15, 0.2) is 18.3 Å². The first-order chi connectivity index (χ1) is 8.49. The summed E-state index contributed by atoms with van der Waals surface area (Å²) in [4.78, 5) is 6.98. The minimum Gasteiger partial charge on any atom is -0.388 e.